The van der Waals surface area contributed by atoms with E-state index in [0.717, 1.165) is 49.9 Å². The number of nitrogens with zero attached hydrogens (tertiary/aromatic N) is 6. The number of fused-ring (bicyclic) bond motifs is 5. The van der Waals surface area contributed by atoms with Crippen molar-refractivity contribution >= 4 is 49.0 Å². The predicted octanol–water partition coefficient (Wildman–Crippen LogP) is 7.44. The maximum atomic E-state index is 10.1. The third-order valence-electron chi connectivity index (χ3n) is 8.21. The standard InChI is InChI=1S/C35H33N6/c1-19-12-13-23-27-21(18-36)10-9-11-24(27)41-25-17-22(16-20-14-15-40(8)30(28(20)25)26(19)29(23)41)31-37-32(34(2,3)4)39-33(38-31)35(5,6)7/h9-17H,1-8H3/q+1. The van der Waals surface area contributed by atoms with E-state index in [2.05, 4.69) is 113 Å². The van der Waals surface area contributed by atoms with Gasteiger partial charge in [0.15, 0.2) is 12.0 Å². The van der Waals surface area contributed by atoms with Gasteiger partial charge in [-0.3, -0.25) is 0 Å². The Kier molecular flexibility index (Phi) is 5.07. The second-order valence-electron chi connectivity index (χ2n) is 13.3. The molecule has 0 radical (unpaired) electrons. The van der Waals surface area contributed by atoms with E-state index >= 15 is 0 Å². The van der Waals surface area contributed by atoms with E-state index in [4.69, 9.17) is 15.0 Å². The molecule has 41 heavy (non-hydrogen) atoms. The van der Waals surface area contributed by atoms with Crippen LogP contribution >= 0.6 is 0 Å². The molecular weight excluding hydrogens is 504 g/mol. The molecular formula is C35H33N6+. The molecule has 0 spiro atoms. The topological polar surface area (TPSA) is 70.8 Å². The van der Waals surface area contributed by atoms with Crippen molar-refractivity contribution in [3.8, 4) is 17.5 Å². The van der Waals surface area contributed by atoms with Crippen LogP contribution in [-0.4, -0.2) is 19.4 Å². The zero-order valence-electron chi connectivity index (χ0n) is 24.9. The zero-order valence-corrected chi connectivity index (χ0v) is 24.9. The van der Waals surface area contributed by atoms with Gasteiger partial charge in [-0.2, -0.15) is 5.26 Å². The Balaban J connectivity index is 1.72. The van der Waals surface area contributed by atoms with Crippen LogP contribution in [0.25, 0.3) is 60.4 Å². The molecule has 6 heteroatoms. The van der Waals surface area contributed by atoms with Gasteiger partial charge in [-0.15, -0.1) is 0 Å². The number of pyridine rings is 2. The van der Waals surface area contributed by atoms with E-state index in [1.54, 1.807) is 0 Å². The van der Waals surface area contributed by atoms with Crippen LogP contribution in [0, 0.1) is 18.3 Å². The lowest BCUT2D eigenvalue weighted by molar-refractivity contribution is -0.643. The molecule has 0 amide bonds. The first-order chi connectivity index (χ1) is 19.4. The molecule has 0 fully saturated rings. The molecule has 4 heterocycles. The van der Waals surface area contributed by atoms with Crippen LogP contribution in [0.5, 0.6) is 0 Å². The number of nitriles is 1. The number of benzene rings is 3. The second-order valence-corrected chi connectivity index (χ2v) is 13.3. The Labute approximate surface area is 239 Å². The summed E-state index contributed by atoms with van der Waals surface area (Å²) in [6.45, 7) is 15.0. The van der Waals surface area contributed by atoms with Gasteiger partial charge in [-0.05, 0) is 42.1 Å². The summed E-state index contributed by atoms with van der Waals surface area (Å²) in [5.41, 5.74) is 6.82. The van der Waals surface area contributed by atoms with Gasteiger partial charge in [-0.1, -0.05) is 59.7 Å². The van der Waals surface area contributed by atoms with Gasteiger partial charge in [0.25, 0.3) is 0 Å². The molecule has 0 atom stereocenters. The van der Waals surface area contributed by atoms with Gasteiger partial charge in [0, 0.05) is 33.2 Å². The van der Waals surface area contributed by atoms with Crippen molar-refractivity contribution in [2.75, 3.05) is 0 Å². The lowest BCUT2D eigenvalue weighted by Gasteiger charge is -2.23. The summed E-state index contributed by atoms with van der Waals surface area (Å²) in [7, 11) is 2.11. The molecule has 0 saturated carbocycles. The fraction of sp³-hybridized carbons (Fsp3) is 0.286. The number of rotatable bonds is 1. The largest absolute Gasteiger partial charge is 0.307 e. The minimum Gasteiger partial charge on any atom is -0.307 e. The Hall–Kier alpha value is -4.63. The SMILES string of the molecule is Cc1ccc2c3c(C#N)cccc3n3c4cc(-c5nc(C(C)(C)C)nc(C(C)(C)C)n5)cc5cc[n+](C)c(c1c23)c54. The van der Waals surface area contributed by atoms with Gasteiger partial charge in [-0.25, -0.2) is 19.5 Å². The summed E-state index contributed by atoms with van der Waals surface area (Å²) in [6.07, 6.45) is 2.14. The highest BCUT2D eigenvalue weighted by Crippen LogP contribution is 2.42. The summed E-state index contributed by atoms with van der Waals surface area (Å²) < 4.78 is 4.57. The van der Waals surface area contributed by atoms with Crippen LogP contribution in [0.3, 0.4) is 0 Å². The molecule has 0 saturated heterocycles. The van der Waals surface area contributed by atoms with Crippen LogP contribution in [0.4, 0.5) is 0 Å². The molecule has 7 rings (SSSR count). The second kappa shape index (κ2) is 8.20. The first-order valence-corrected chi connectivity index (χ1v) is 14.1. The Morgan fingerprint density at radius 2 is 1.51 bits per heavy atom. The maximum absolute atomic E-state index is 10.1. The van der Waals surface area contributed by atoms with E-state index in [-0.39, 0.29) is 10.8 Å². The lowest BCUT2D eigenvalue weighted by Crippen LogP contribution is -2.29. The molecule has 0 aliphatic heterocycles. The third-order valence-corrected chi connectivity index (χ3v) is 8.21. The molecule has 0 aliphatic rings. The predicted molar refractivity (Wildman–Crippen MR) is 165 cm³/mol. The fourth-order valence-electron chi connectivity index (χ4n) is 6.16. The van der Waals surface area contributed by atoms with E-state index in [0.29, 0.717) is 11.4 Å². The highest BCUT2D eigenvalue weighted by molar-refractivity contribution is 6.26. The molecule has 0 aliphatic carbocycles. The van der Waals surface area contributed by atoms with Crippen molar-refractivity contribution in [2.24, 2.45) is 7.05 Å². The van der Waals surface area contributed by atoms with Crippen molar-refractivity contribution in [3.05, 3.63) is 77.5 Å². The first-order valence-electron chi connectivity index (χ1n) is 14.1. The molecule has 0 bridgehead atoms. The quantitative estimate of drug-likeness (QED) is 0.124. The highest BCUT2D eigenvalue weighted by atomic mass is 15.1. The monoisotopic (exact) mass is 537 g/mol. The average Bonchev–Trinajstić information content (AvgIpc) is 3.27. The lowest BCUT2D eigenvalue weighted by atomic mass is 9.92. The molecule has 0 N–H and O–H groups in total. The molecule has 202 valence electrons. The van der Waals surface area contributed by atoms with Gasteiger partial charge in [0.1, 0.15) is 18.7 Å². The Morgan fingerprint density at radius 3 is 2.17 bits per heavy atom. The molecule has 3 aromatic carbocycles. The van der Waals surface area contributed by atoms with E-state index in [9.17, 15) is 5.26 Å². The van der Waals surface area contributed by atoms with Crippen LogP contribution < -0.4 is 4.57 Å². The fourth-order valence-corrected chi connectivity index (χ4v) is 6.16. The van der Waals surface area contributed by atoms with Crippen molar-refractivity contribution in [1.29, 1.82) is 5.26 Å². The minimum absolute atomic E-state index is 0.226. The smallest absolute Gasteiger partial charge is 0.224 e. The zero-order chi connectivity index (χ0) is 29.0. The first kappa shape index (κ1) is 25.3. The third kappa shape index (κ3) is 3.55. The molecule has 0 unspecified atom stereocenters. The summed E-state index contributed by atoms with van der Waals surface area (Å²) >= 11 is 0. The van der Waals surface area contributed by atoms with E-state index in [1.165, 1.54) is 21.9 Å². The van der Waals surface area contributed by atoms with E-state index in [1.807, 2.05) is 12.1 Å². The number of aryl methyl sites for hydroxylation is 2. The Morgan fingerprint density at radius 1 is 0.805 bits per heavy atom. The Bertz CT molecular complexity index is 2220. The van der Waals surface area contributed by atoms with Gasteiger partial charge >= 0.3 is 0 Å². The number of hydrogen-bond acceptors (Lipinski definition) is 4. The van der Waals surface area contributed by atoms with Crippen LogP contribution in [0.2, 0.25) is 0 Å². The van der Waals surface area contributed by atoms with Gasteiger partial charge in [0.05, 0.1) is 39.0 Å². The van der Waals surface area contributed by atoms with Crippen LogP contribution in [0.1, 0.15) is 64.3 Å². The summed E-state index contributed by atoms with van der Waals surface area (Å²) in [5.74, 6) is 2.26. The highest BCUT2D eigenvalue weighted by Gasteiger charge is 2.28. The minimum atomic E-state index is -0.226. The summed E-state index contributed by atoms with van der Waals surface area (Å²) in [5, 5.41) is 15.7. The maximum Gasteiger partial charge on any atom is 0.224 e. The van der Waals surface area contributed by atoms with Gasteiger partial charge in [0.2, 0.25) is 5.52 Å². The van der Waals surface area contributed by atoms with Gasteiger partial charge < -0.3 is 4.40 Å². The van der Waals surface area contributed by atoms with Crippen molar-refractivity contribution in [3.63, 3.8) is 0 Å². The van der Waals surface area contributed by atoms with Crippen molar-refractivity contribution in [2.45, 2.75) is 59.3 Å². The number of aromatic nitrogens is 5. The molecule has 7 aromatic rings. The summed E-state index contributed by atoms with van der Waals surface area (Å²) in [4.78, 5) is 15.0. The normalized spacial score (nSPS) is 12.9. The van der Waals surface area contributed by atoms with Crippen molar-refractivity contribution in [1.82, 2.24) is 19.4 Å². The molecule has 4 aromatic heterocycles. The van der Waals surface area contributed by atoms with Crippen LogP contribution in [-0.2, 0) is 17.9 Å². The molecule has 6 nitrogen and oxygen atoms in total. The number of hydrogen-bond donors (Lipinski definition) is 0. The summed E-state index contributed by atoms with van der Waals surface area (Å²) in [6, 6.07) is 19.4. The van der Waals surface area contributed by atoms with E-state index < -0.39 is 0 Å². The average molecular weight is 538 g/mol. The van der Waals surface area contributed by atoms with Crippen molar-refractivity contribution < 1.29 is 4.57 Å². The van der Waals surface area contributed by atoms with Crippen LogP contribution in [0.15, 0.2) is 54.7 Å².